The first kappa shape index (κ1) is 20.1. The third kappa shape index (κ3) is 4.29. The minimum atomic E-state index is -0.529. The highest BCUT2D eigenvalue weighted by Gasteiger charge is 2.27. The van der Waals surface area contributed by atoms with Crippen molar-refractivity contribution in [3.63, 3.8) is 0 Å². The first-order valence-corrected chi connectivity index (χ1v) is 8.53. The highest BCUT2D eigenvalue weighted by molar-refractivity contribution is 5.98. The van der Waals surface area contributed by atoms with Gasteiger partial charge in [0.1, 0.15) is 11.9 Å². The van der Waals surface area contributed by atoms with Crippen molar-refractivity contribution in [2.24, 2.45) is 0 Å². The number of rotatable bonds is 5. The Morgan fingerprint density at radius 2 is 2.04 bits per heavy atom. The van der Waals surface area contributed by atoms with E-state index in [4.69, 9.17) is 15.2 Å². The second-order valence-electron chi connectivity index (χ2n) is 6.24. The molecule has 2 N–H and O–H groups in total. The zero-order valence-corrected chi connectivity index (χ0v) is 15.9. The van der Waals surface area contributed by atoms with Crippen molar-refractivity contribution in [1.29, 1.82) is 0 Å². The number of carbonyl (C=O) groups is 1. The monoisotopic (exact) mass is 376 g/mol. The molecule has 0 bridgehead atoms. The molecule has 1 amide bonds. The average molecular weight is 377 g/mol. The van der Waals surface area contributed by atoms with Gasteiger partial charge in [-0.25, -0.2) is 0 Å². The zero-order valence-electron chi connectivity index (χ0n) is 15.1. The number of fused-ring (bicyclic) bond motifs is 1. The molecule has 0 fully saturated rings. The SMILES string of the molecule is COc1cccc(COC(C)C(=O)N2CCCc3c(N)cccc32)c1.Cl. The van der Waals surface area contributed by atoms with Gasteiger partial charge in [-0.15, -0.1) is 12.4 Å². The number of hydrogen-bond donors (Lipinski definition) is 1. The molecule has 0 saturated carbocycles. The number of halogens is 1. The second kappa shape index (κ2) is 8.92. The van der Waals surface area contributed by atoms with Crippen LogP contribution in [0, 0.1) is 0 Å². The Hall–Kier alpha value is -2.24. The molecule has 1 aliphatic rings. The molecule has 1 atom stereocenters. The van der Waals surface area contributed by atoms with Crippen LogP contribution < -0.4 is 15.4 Å². The smallest absolute Gasteiger partial charge is 0.255 e. The molecule has 2 aromatic carbocycles. The van der Waals surface area contributed by atoms with Gasteiger partial charge in [0, 0.05) is 17.9 Å². The zero-order chi connectivity index (χ0) is 17.8. The number of nitrogens with zero attached hydrogens (tertiary/aromatic N) is 1. The number of benzene rings is 2. The van der Waals surface area contributed by atoms with E-state index in [9.17, 15) is 4.79 Å². The van der Waals surface area contributed by atoms with Gasteiger partial charge in [0.25, 0.3) is 5.91 Å². The molecular weight excluding hydrogens is 352 g/mol. The van der Waals surface area contributed by atoms with Gasteiger partial charge in [0.15, 0.2) is 0 Å². The maximum Gasteiger partial charge on any atom is 0.255 e. The summed E-state index contributed by atoms with van der Waals surface area (Å²) in [4.78, 5) is 14.6. The molecule has 0 aromatic heterocycles. The average Bonchev–Trinajstić information content (AvgIpc) is 2.65. The van der Waals surface area contributed by atoms with Crippen LogP contribution in [0.3, 0.4) is 0 Å². The number of hydrogen-bond acceptors (Lipinski definition) is 4. The predicted octanol–water partition coefficient (Wildman–Crippen LogP) is 3.58. The van der Waals surface area contributed by atoms with Crippen LogP contribution in [0.2, 0.25) is 0 Å². The highest BCUT2D eigenvalue weighted by Crippen LogP contribution is 2.31. The first-order chi connectivity index (χ1) is 12.1. The summed E-state index contributed by atoms with van der Waals surface area (Å²) in [5.74, 6) is 0.745. The van der Waals surface area contributed by atoms with E-state index in [-0.39, 0.29) is 18.3 Å². The van der Waals surface area contributed by atoms with Crippen molar-refractivity contribution >= 4 is 29.7 Å². The van der Waals surface area contributed by atoms with Crippen LogP contribution in [0.15, 0.2) is 42.5 Å². The fourth-order valence-corrected chi connectivity index (χ4v) is 3.15. The molecule has 0 aliphatic carbocycles. The molecule has 5 nitrogen and oxygen atoms in total. The number of methoxy groups -OCH3 is 1. The van der Waals surface area contributed by atoms with Crippen molar-refractivity contribution in [2.75, 3.05) is 24.3 Å². The normalized spacial score (nSPS) is 14.2. The van der Waals surface area contributed by atoms with Crippen molar-refractivity contribution < 1.29 is 14.3 Å². The Kier molecular flexibility index (Phi) is 6.89. The second-order valence-corrected chi connectivity index (χ2v) is 6.24. The largest absolute Gasteiger partial charge is 0.497 e. The number of ether oxygens (including phenoxy) is 2. The van der Waals surface area contributed by atoms with E-state index in [1.165, 1.54) is 0 Å². The molecule has 1 heterocycles. The lowest BCUT2D eigenvalue weighted by molar-refractivity contribution is -0.129. The van der Waals surface area contributed by atoms with Crippen molar-refractivity contribution in [3.05, 3.63) is 53.6 Å². The Bertz CT molecular complexity index is 766. The van der Waals surface area contributed by atoms with Crippen LogP contribution in [-0.4, -0.2) is 25.7 Å². The molecule has 3 rings (SSSR count). The van der Waals surface area contributed by atoms with Gasteiger partial charge in [-0.2, -0.15) is 0 Å². The molecular formula is C20H25ClN2O3. The minimum absolute atomic E-state index is 0. The molecule has 1 unspecified atom stereocenters. The summed E-state index contributed by atoms with van der Waals surface area (Å²) in [6.45, 7) is 2.85. The van der Waals surface area contributed by atoms with Crippen LogP contribution in [0.1, 0.15) is 24.5 Å². The van der Waals surface area contributed by atoms with Gasteiger partial charge in [0.2, 0.25) is 0 Å². The quantitative estimate of drug-likeness (QED) is 0.810. The molecule has 0 radical (unpaired) electrons. The Morgan fingerprint density at radius 3 is 2.81 bits per heavy atom. The summed E-state index contributed by atoms with van der Waals surface area (Å²) in [6.07, 6.45) is 1.29. The van der Waals surface area contributed by atoms with Gasteiger partial charge in [0.05, 0.1) is 13.7 Å². The van der Waals surface area contributed by atoms with Crippen LogP contribution in [-0.2, 0) is 22.6 Å². The summed E-state index contributed by atoms with van der Waals surface area (Å²) >= 11 is 0. The van der Waals surface area contributed by atoms with Crippen LogP contribution in [0.25, 0.3) is 0 Å². The van der Waals surface area contributed by atoms with Crippen molar-refractivity contribution in [1.82, 2.24) is 0 Å². The van der Waals surface area contributed by atoms with E-state index >= 15 is 0 Å². The number of carbonyl (C=O) groups excluding carboxylic acids is 1. The summed E-state index contributed by atoms with van der Waals surface area (Å²) in [7, 11) is 1.63. The third-order valence-corrected chi connectivity index (χ3v) is 4.53. The Balaban J connectivity index is 0.00000243. The molecule has 26 heavy (non-hydrogen) atoms. The van der Waals surface area contributed by atoms with E-state index in [0.717, 1.165) is 41.1 Å². The van der Waals surface area contributed by atoms with E-state index in [1.807, 2.05) is 42.5 Å². The molecule has 6 heteroatoms. The summed E-state index contributed by atoms with van der Waals surface area (Å²) in [6, 6.07) is 13.4. The van der Waals surface area contributed by atoms with Crippen LogP contribution >= 0.6 is 12.4 Å². The number of nitrogens with two attached hydrogens (primary N) is 1. The predicted molar refractivity (Wildman–Crippen MR) is 106 cm³/mol. The van der Waals surface area contributed by atoms with Gasteiger partial charge < -0.3 is 20.1 Å². The maximum absolute atomic E-state index is 12.9. The lowest BCUT2D eigenvalue weighted by Gasteiger charge is -2.32. The first-order valence-electron chi connectivity index (χ1n) is 8.53. The Morgan fingerprint density at radius 1 is 1.27 bits per heavy atom. The van der Waals surface area contributed by atoms with Crippen LogP contribution in [0.5, 0.6) is 5.75 Å². The maximum atomic E-state index is 12.9. The molecule has 0 spiro atoms. The minimum Gasteiger partial charge on any atom is -0.497 e. The van der Waals surface area contributed by atoms with Gasteiger partial charge in [-0.05, 0) is 55.2 Å². The van der Waals surface area contributed by atoms with Crippen LogP contribution in [0.4, 0.5) is 11.4 Å². The van der Waals surface area contributed by atoms with Gasteiger partial charge in [-0.3, -0.25) is 4.79 Å². The lowest BCUT2D eigenvalue weighted by atomic mass is 9.99. The van der Waals surface area contributed by atoms with E-state index < -0.39 is 6.10 Å². The summed E-state index contributed by atoms with van der Waals surface area (Å²) < 4.78 is 11.0. The van der Waals surface area contributed by atoms with Crippen molar-refractivity contribution in [3.8, 4) is 5.75 Å². The number of anilines is 2. The van der Waals surface area contributed by atoms with E-state index in [0.29, 0.717) is 13.2 Å². The number of amides is 1. The van der Waals surface area contributed by atoms with Gasteiger partial charge in [-0.1, -0.05) is 18.2 Å². The summed E-state index contributed by atoms with van der Waals surface area (Å²) in [5.41, 5.74) is 9.75. The van der Waals surface area contributed by atoms with Gasteiger partial charge >= 0.3 is 0 Å². The molecule has 1 aliphatic heterocycles. The fraction of sp³-hybridized carbons (Fsp3) is 0.350. The van der Waals surface area contributed by atoms with Crippen molar-refractivity contribution in [2.45, 2.75) is 32.5 Å². The third-order valence-electron chi connectivity index (χ3n) is 4.53. The Labute approximate surface area is 160 Å². The molecule has 140 valence electrons. The highest BCUT2D eigenvalue weighted by atomic mass is 35.5. The van der Waals surface area contributed by atoms with E-state index in [1.54, 1.807) is 18.9 Å². The molecule has 0 saturated heterocycles. The lowest BCUT2D eigenvalue weighted by Crippen LogP contribution is -2.42. The molecule has 2 aromatic rings. The topological polar surface area (TPSA) is 64.8 Å². The van der Waals surface area contributed by atoms with E-state index in [2.05, 4.69) is 0 Å². The fourth-order valence-electron chi connectivity index (χ4n) is 3.15. The summed E-state index contributed by atoms with van der Waals surface area (Å²) in [5, 5.41) is 0. The standard InChI is InChI=1S/C20H24N2O3.ClH/c1-14(25-13-15-6-3-7-16(12-15)24-2)20(23)22-11-5-8-17-18(21)9-4-10-19(17)22;/h3-4,6-7,9-10,12,14H,5,8,11,13,21H2,1-2H3;1H. The number of nitrogen functional groups attached to an aromatic ring is 1.